The van der Waals surface area contributed by atoms with Crippen LogP contribution in [-0.4, -0.2) is 86.5 Å². The summed E-state index contributed by atoms with van der Waals surface area (Å²) in [5, 5.41) is 5.56. The van der Waals surface area contributed by atoms with E-state index in [2.05, 4.69) is 50.6 Å². The second-order valence-electron chi connectivity index (χ2n) is 10.5. The molecule has 0 unspecified atom stereocenters. The molecule has 1 saturated heterocycles. The quantitative estimate of drug-likeness (QED) is 0.323. The SMILES string of the molecule is CCN1CCN(Cc2ccc(-c3nc(N)nc(-c4ccc5nn(C)c(C(C)C)c5c4)c3F)nc2)CC1.CS(=O)(=O)O. The van der Waals surface area contributed by atoms with Crippen molar-refractivity contribution < 1.29 is 17.4 Å². The molecule has 4 aromatic rings. The van der Waals surface area contributed by atoms with Gasteiger partial charge in [0.15, 0.2) is 5.82 Å². The Hall–Kier alpha value is -3.52. The zero-order valence-corrected chi connectivity index (χ0v) is 24.9. The molecule has 0 saturated carbocycles. The number of pyridine rings is 1. The molecule has 0 atom stereocenters. The fourth-order valence-electron chi connectivity index (χ4n) is 5.06. The Morgan fingerprint density at radius 2 is 1.68 bits per heavy atom. The predicted octanol–water partition coefficient (Wildman–Crippen LogP) is 3.58. The number of nitrogen functional groups attached to an aromatic ring is 1. The molecule has 220 valence electrons. The fraction of sp³-hybridized carbons (Fsp3) is 0.429. The average molecular weight is 585 g/mol. The minimum Gasteiger partial charge on any atom is -0.368 e. The Kier molecular flexibility index (Phi) is 9.32. The first-order valence-corrected chi connectivity index (χ1v) is 15.3. The van der Waals surface area contributed by atoms with E-state index < -0.39 is 15.9 Å². The number of hydrogen-bond acceptors (Lipinski definition) is 9. The normalized spacial score (nSPS) is 14.8. The van der Waals surface area contributed by atoms with Crippen LogP contribution in [0.3, 0.4) is 0 Å². The van der Waals surface area contributed by atoms with Crippen molar-refractivity contribution in [1.29, 1.82) is 0 Å². The van der Waals surface area contributed by atoms with Crippen molar-refractivity contribution in [3.05, 3.63) is 53.6 Å². The number of hydrogen-bond donors (Lipinski definition) is 2. The molecule has 11 nitrogen and oxygen atoms in total. The number of aromatic nitrogens is 5. The number of benzene rings is 1. The lowest BCUT2D eigenvalue weighted by Gasteiger charge is -2.33. The van der Waals surface area contributed by atoms with Crippen LogP contribution in [0, 0.1) is 5.82 Å². The van der Waals surface area contributed by atoms with Gasteiger partial charge < -0.3 is 10.6 Å². The van der Waals surface area contributed by atoms with Gasteiger partial charge in [0.2, 0.25) is 5.95 Å². The van der Waals surface area contributed by atoms with Gasteiger partial charge in [-0.25, -0.2) is 14.4 Å². The van der Waals surface area contributed by atoms with Gasteiger partial charge in [-0.3, -0.25) is 19.1 Å². The lowest BCUT2D eigenvalue weighted by atomic mass is 10.0. The van der Waals surface area contributed by atoms with Crippen molar-refractivity contribution in [2.24, 2.45) is 7.05 Å². The maximum absolute atomic E-state index is 15.8. The number of anilines is 1. The van der Waals surface area contributed by atoms with Crippen LogP contribution in [0.15, 0.2) is 36.5 Å². The summed E-state index contributed by atoms with van der Waals surface area (Å²) in [5.74, 6) is -0.254. The minimum absolute atomic E-state index is 0.0106. The summed E-state index contributed by atoms with van der Waals surface area (Å²) in [7, 11) is -1.74. The lowest BCUT2D eigenvalue weighted by molar-refractivity contribution is 0.132. The number of aryl methyl sites for hydroxylation is 1. The topological polar surface area (TPSA) is 143 Å². The van der Waals surface area contributed by atoms with Crippen molar-refractivity contribution >= 4 is 27.0 Å². The monoisotopic (exact) mass is 584 g/mol. The molecule has 0 radical (unpaired) electrons. The zero-order chi connectivity index (χ0) is 29.9. The first-order chi connectivity index (χ1) is 19.3. The molecule has 0 aliphatic carbocycles. The Bertz CT molecular complexity index is 1610. The third-order valence-electron chi connectivity index (χ3n) is 6.95. The summed E-state index contributed by atoms with van der Waals surface area (Å²) in [5.41, 5.74) is 10.4. The van der Waals surface area contributed by atoms with Gasteiger partial charge in [-0.2, -0.15) is 13.5 Å². The van der Waals surface area contributed by atoms with Crippen LogP contribution in [0.1, 0.15) is 37.9 Å². The number of halogens is 1. The maximum atomic E-state index is 15.8. The van der Waals surface area contributed by atoms with E-state index in [1.54, 1.807) is 6.20 Å². The number of nitrogens with zero attached hydrogens (tertiary/aromatic N) is 7. The van der Waals surface area contributed by atoms with E-state index in [-0.39, 0.29) is 23.3 Å². The van der Waals surface area contributed by atoms with Crippen molar-refractivity contribution in [3.63, 3.8) is 0 Å². The molecule has 0 amide bonds. The first-order valence-electron chi connectivity index (χ1n) is 13.5. The fourth-order valence-corrected chi connectivity index (χ4v) is 5.06. The molecule has 41 heavy (non-hydrogen) atoms. The van der Waals surface area contributed by atoms with Crippen LogP contribution in [0.2, 0.25) is 0 Å². The van der Waals surface area contributed by atoms with Crippen molar-refractivity contribution in [3.8, 4) is 22.6 Å². The van der Waals surface area contributed by atoms with E-state index >= 15 is 4.39 Å². The molecular formula is C28H37FN8O3S. The van der Waals surface area contributed by atoms with E-state index in [0.29, 0.717) is 17.5 Å². The molecule has 0 bridgehead atoms. The van der Waals surface area contributed by atoms with Gasteiger partial charge in [0.25, 0.3) is 10.1 Å². The highest BCUT2D eigenvalue weighted by Crippen LogP contribution is 2.32. The van der Waals surface area contributed by atoms with Crippen LogP contribution in [0.25, 0.3) is 33.5 Å². The van der Waals surface area contributed by atoms with Gasteiger partial charge in [0.1, 0.15) is 11.4 Å². The molecule has 1 aromatic carbocycles. The Balaban J connectivity index is 0.000000714. The van der Waals surface area contributed by atoms with Crippen molar-refractivity contribution in [1.82, 2.24) is 34.5 Å². The summed E-state index contributed by atoms with van der Waals surface area (Å²) >= 11 is 0. The van der Waals surface area contributed by atoms with Crippen LogP contribution in [0.5, 0.6) is 0 Å². The largest absolute Gasteiger partial charge is 0.368 e. The number of piperazine rings is 1. The molecule has 3 aromatic heterocycles. The third-order valence-corrected chi connectivity index (χ3v) is 6.95. The highest BCUT2D eigenvalue weighted by molar-refractivity contribution is 7.85. The summed E-state index contributed by atoms with van der Waals surface area (Å²) in [6.07, 6.45) is 2.52. The van der Waals surface area contributed by atoms with Gasteiger partial charge in [-0.05, 0) is 36.2 Å². The standard InChI is InChI=1S/C27H33FN8.CH4O3S/c1-5-35-10-12-36(13-11-35)16-18-6-8-22(30-15-18)25-23(28)24(31-27(29)32-25)19-7-9-21-20(14-19)26(17(2)3)34(4)33-21;1-5(2,3)4/h6-9,14-15,17H,5,10-13,16H2,1-4H3,(H2,29,31,32);1H3,(H,2,3,4). The number of likely N-dealkylation sites (N-methyl/N-ethyl adjacent to an activating group) is 1. The van der Waals surface area contributed by atoms with E-state index in [1.165, 1.54) is 0 Å². The van der Waals surface area contributed by atoms with E-state index in [4.69, 9.17) is 10.3 Å². The molecule has 1 fully saturated rings. The second kappa shape index (κ2) is 12.6. The molecule has 1 aliphatic heterocycles. The van der Waals surface area contributed by atoms with Gasteiger partial charge >= 0.3 is 0 Å². The predicted molar refractivity (Wildman–Crippen MR) is 158 cm³/mol. The zero-order valence-electron chi connectivity index (χ0n) is 24.0. The van der Waals surface area contributed by atoms with Gasteiger partial charge in [-0.1, -0.05) is 32.9 Å². The van der Waals surface area contributed by atoms with Crippen LogP contribution in [-0.2, 0) is 23.7 Å². The average Bonchev–Trinajstić information content (AvgIpc) is 3.25. The summed E-state index contributed by atoms with van der Waals surface area (Å²) < 4.78 is 43.5. The van der Waals surface area contributed by atoms with E-state index in [0.717, 1.165) is 61.4 Å². The number of nitrogens with two attached hydrogens (primary N) is 1. The van der Waals surface area contributed by atoms with Crippen molar-refractivity contribution in [2.75, 3.05) is 44.7 Å². The minimum atomic E-state index is -3.67. The third kappa shape index (κ3) is 7.61. The number of fused-ring (bicyclic) bond motifs is 1. The second-order valence-corrected chi connectivity index (χ2v) is 11.9. The van der Waals surface area contributed by atoms with Gasteiger partial charge in [0.05, 0.1) is 17.5 Å². The van der Waals surface area contributed by atoms with Crippen molar-refractivity contribution in [2.45, 2.75) is 33.2 Å². The highest BCUT2D eigenvalue weighted by atomic mass is 32.2. The van der Waals surface area contributed by atoms with E-state index in [1.807, 2.05) is 42.1 Å². The highest BCUT2D eigenvalue weighted by Gasteiger charge is 2.21. The Morgan fingerprint density at radius 1 is 1.05 bits per heavy atom. The summed E-state index contributed by atoms with van der Waals surface area (Å²) in [6.45, 7) is 12.6. The lowest BCUT2D eigenvalue weighted by Crippen LogP contribution is -2.45. The molecule has 13 heteroatoms. The molecule has 4 heterocycles. The smallest absolute Gasteiger partial charge is 0.261 e. The van der Waals surface area contributed by atoms with Crippen LogP contribution < -0.4 is 5.73 Å². The van der Waals surface area contributed by atoms with Crippen LogP contribution in [0.4, 0.5) is 10.3 Å². The maximum Gasteiger partial charge on any atom is 0.261 e. The van der Waals surface area contributed by atoms with E-state index in [9.17, 15) is 8.42 Å². The summed E-state index contributed by atoms with van der Waals surface area (Å²) in [6, 6.07) is 9.45. The first kappa shape index (κ1) is 30.4. The molecule has 0 spiro atoms. The van der Waals surface area contributed by atoms with Gasteiger partial charge in [-0.15, -0.1) is 0 Å². The Labute approximate surface area is 240 Å². The Morgan fingerprint density at radius 3 is 2.27 bits per heavy atom. The molecule has 3 N–H and O–H groups in total. The number of rotatable bonds is 6. The molecule has 5 rings (SSSR count). The van der Waals surface area contributed by atoms with Gasteiger partial charge in [0, 0.05) is 62.6 Å². The molecule has 1 aliphatic rings. The van der Waals surface area contributed by atoms with Crippen LogP contribution >= 0.6 is 0 Å². The molecular weight excluding hydrogens is 547 g/mol. The summed E-state index contributed by atoms with van der Waals surface area (Å²) in [4.78, 5) is 17.9.